The Kier molecular flexibility index (Phi) is 2.94. The molecule has 0 aromatic carbocycles. The molecular formula is C12H16BrN3O2. The number of anilines is 1. The SMILES string of the molecule is Cn1ncc(N2CCC3(CCOC3)C2)c(Br)c1=O. The van der Waals surface area contributed by atoms with E-state index in [1.54, 1.807) is 13.2 Å². The van der Waals surface area contributed by atoms with E-state index >= 15 is 0 Å². The first kappa shape index (κ1) is 12.2. The van der Waals surface area contributed by atoms with Gasteiger partial charge in [-0.2, -0.15) is 5.10 Å². The van der Waals surface area contributed by atoms with Crippen LogP contribution < -0.4 is 10.5 Å². The summed E-state index contributed by atoms with van der Waals surface area (Å²) in [4.78, 5) is 14.1. The Bertz CT molecular complexity index is 523. The predicted molar refractivity (Wildman–Crippen MR) is 71.9 cm³/mol. The minimum Gasteiger partial charge on any atom is -0.381 e. The van der Waals surface area contributed by atoms with Crippen molar-refractivity contribution >= 4 is 21.6 Å². The molecule has 0 amide bonds. The maximum Gasteiger partial charge on any atom is 0.282 e. The van der Waals surface area contributed by atoms with Crippen LogP contribution in [0.1, 0.15) is 12.8 Å². The average molecular weight is 314 g/mol. The van der Waals surface area contributed by atoms with Crippen molar-refractivity contribution in [2.75, 3.05) is 31.2 Å². The van der Waals surface area contributed by atoms with Crippen molar-refractivity contribution in [2.45, 2.75) is 12.8 Å². The Morgan fingerprint density at radius 2 is 2.33 bits per heavy atom. The summed E-state index contributed by atoms with van der Waals surface area (Å²) in [5.41, 5.74) is 1.11. The third kappa shape index (κ3) is 1.87. The highest BCUT2D eigenvalue weighted by Crippen LogP contribution is 2.40. The fourth-order valence-electron chi connectivity index (χ4n) is 2.83. The van der Waals surface area contributed by atoms with Gasteiger partial charge in [0.15, 0.2) is 0 Å². The van der Waals surface area contributed by atoms with Gasteiger partial charge < -0.3 is 9.64 Å². The molecule has 0 radical (unpaired) electrons. The minimum atomic E-state index is -0.0869. The summed E-state index contributed by atoms with van der Waals surface area (Å²) in [7, 11) is 1.66. The molecule has 2 aliphatic heterocycles. The van der Waals surface area contributed by atoms with Gasteiger partial charge in [-0.25, -0.2) is 4.68 Å². The molecule has 98 valence electrons. The van der Waals surface area contributed by atoms with Crippen LogP contribution in [0, 0.1) is 5.41 Å². The smallest absolute Gasteiger partial charge is 0.282 e. The molecule has 1 aromatic rings. The third-order valence-corrected chi connectivity index (χ3v) is 4.77. The van der Waals surface area contributed by atoms with Crippen molar-refractivity contribution in [1.82, 2.24) is 9.78 Å². The molecule has 5 nitrogen and oxygen atoms in total. The van der Waals surface area contributed by atoms with Crippen LogP contribution >= 0.6 is 15.9 Å². The molecule has 1 spiro atoms. The van der Waals surface area contributed by atoms with E-state index in [4.69, 9.17) is 4.74 Å². The summed E-state index contributed by atoms with van der Waals surface area (Å²) in [6, 6.07) is 0. The summed E-state index contributed by atoms with van der Waals surface area (Å²) in [5.74, 6) is 0. The lowest BCUT2D eigenvalue weighted by atomic mass is 9.87. The van der Waals surface area contributed by atoms with Crippen LogP contribution in [0.15, 0.2) is 15.5 Å². The Balaban J connectivity index is 1.89. The van der Waals surface area contributed by atoms with Crippen molar-refractivity contribution in [3.05, 3.63) is 21.0 Å². The van der Waals surface area contributed by atoms with E-state index in [0.29, 0.717) is 9.89 Å². The maximum absolute atomic E-state index is 11.9. The topological polar surface area (TPSA) is 47.4 Å². The molecule has 0 N–H and O–H groups in total. The van der Waals surface area contributed by atoms with E-state index in [1.165, 1.54) is 4.68 Å². The number of aryl methyl sites for hydroxylation is 1. The first-order chi connectivity index (χ1) is 8.61. The summed E-state index contributed by atoms with van der Waals surface area (Å²) in [6.45, 7) is 3.64. The zero-order chi connectivity index (χ0) is 12.8. The third-order valence-electron chi connectivity index (χ3n) is 4.02. The van der Waals surface area contributed by atoms with Gasteiger partial charge in [0.25, 0.3) is 5.56 Å². The normalized spacial score (nSPS) is 27.3. The first-order valence-corrected chi connectivity index (χ1v) is 6.95. The van der Waals surface area contributed by atoms with Crippen molar-refractivity contribution in [2.24, 2.45) is 12.5 Å². The number of halogens is 1. The zero-order valence-corrected chi connectivity index (χ0v) is 11.9. The fourth-order valence-corrected chi connectivity index (χ4v) is 3.44. The predicted octanol–water partition coefficient (Wildman–Crippen LogP) is 1.16. The molecule has 0 bridgehead atoms. The molecule has 1 atom stereocenters. The Labute approximate surface area is 114 Å². The zero-order valence-electron chi connectivity index (χ0n) is 10.4. The summed E-state index contributed by atoms with van der Waals surface area (Å²) >= 11 is 3.39. The number of rotatable bonds is 1. The van der Waals surface area contributed by atoms with E-state index in [2.05, 4.69) is 25.9 Å². The second kappa shape index (κ2) is 4.35. The number of aromatic nitrogens is 2. The van der Waals surface area contributed by atoms with Gasteiger partial charge in [-0.3, -0.25) is 4.79 Å². The lowest BCUT2D eigenvalue weighted by molar-refractivity contribution is 0.160. The Morgan fingerprint density at radius 3 is 3.06 bits per heavy atom. The molecule has 2 fully saturated rings. The molecule has 18 heavy (non-hydrogen) atoms. The molecule has 0 saturated carbocycles. The highest BCUT2D eigenvalue weighted by Gasteiger charge is 2.41. The van der Waals surface area contributed by atoms with Crippen LogP contribution in [0.25, 0.3) is 0 Å². The van der Waals surface area contributed by atoms with Gasteiger partial charge in [0.2, 0.25) is 0 Å². The number of hydrogen-bond donors (Lipinski definition) is 0. The molecular weight excluding hydrogens is 298 g/mol. The monoisotopic (exact) mass is 313 g/mol. The summed E-state index contributed by atoms with van der Waals surface area (Å²) < 4.78 is 7.47. The van der Waals surface area contributed by atoms with E-state index < -0.39 is 0 Å². The molecule has 3 rings (SSSR count). The minimum absolute atomic E-state index is 0.0869. The summed E-state index contributed by atoms with van der Waals surface area (Å²) in [5, 5.41) is 4.10. The van der Waals surface area contributed by atoms with Crippen LogP contribution in [-0.2, 0) is 11.8 Å². The van der Waals surface area contributed by atoms with E-state index in [0.717, 1.165) is 44.8 Å². The Hall–Kier alpha value is -0.880. The van der Waals surface area contributed by atoms with Crippen LogP contribution in [0.2, 0.25) is 0 Å². The molecule has 2 aliphatic rings. The summed E-state index contributed by atoms with van der Waals surface area (Å²) in [6.07, 6.45) is 4.02. The van der Waals surface area contributed by atoms with Gasteiger partial charge >= 0.3 is 0 Å². The second-order valence-corrected chi connectivity index (χ2v) is 6.04. The highest BCUT2D eigenvalue weighted by atomic mass is 79.9. The molecule has 0 aliphatic carbocycles. The number of hydrogen-bond acceptors (Lipinski definition) is 4. The molecule has 2 saturated heterocycles. The molecule has 6 heteroatoms. The number of ether oxygens (including phenoxy) is 1. The molecule has 3 heterocycles. The van der Waals surface area contributed by atoms with Crippen LogP contribution in [0.5, 0.6) is 0 Å². The molecule has 1 unspecified atom stereocenters. The second-order valence-electron chi connectivity index (χ2n) is 5.25. The van der Waals surface area contributed by atoms with Gasteiger partial charge in [0, 0.05) is 32.2 Å². The van der Waals surface area contributed by atoms with E-state index in [9.17, 15) is 4.79 Å². The lowest BCUT2D eigenvalue weighted by Crippen LogP contribution is -2.30. The van der Waals surface area contributed by atoms with Gasteiger partial charge in [0.1, 0.15) is 4.47 Å². The van der Waals surface area contributed by atoms with Crippen molar-refractivity contribution in [3.63, 3.8) is 0 Å². The van der Waals surface area contributed by atoms with Crippen molar-refractivity contribution in [1.29, 1.82) is 0 Å². The fraction of sp³-hybridized carbons (Fsp3) is 0.667. The van der Waals surface area contributed by atoms with Gasteiger partial charge in [-0.15, -0.1) is 0 Å². The lowest BCUT2D eigenvalue weighted by Gasteiger charge is -2.23. The van der Waals surface area contributed by atoms with Gasteiger partial charge in [-0.1, -0.05) is 0 Å². The highest BCUT2D eigenvalue weighted by molar-refractivity contribution is 9.10. The first-order valence-electron chi connectivity index (χ1n) is 6.16. The quantitative estimate of drug-likeness (QED) is 0.780. The Morgan fingerprint density at radius 1 is 1.50 bits per heavy atom. The van der Waals surface area contributed by atoms with E-state index in [1.807, 2.05) is 0 Å². The number of nitrogens with zero attached hydrogens (tertiary/aromatic N) is 3. The van der Waals surface area contributed by atoms with Gasteiger partial charge in [-0.05, 0) is 28.8 Å². The molecule has 1 aromatic heterocycles. The van der Waals surface area contributed by atoms with E-state index in [-0.39, 0.29) is 5.56 Å². The maximum atomic E-state index is 11.9. The van der Waals surface area contributed by atoms with Crippen LogP contribution in [0.4, 0.5) is 5.69 Å². The standard InChI is InChI=1S/C12H16BrN3O2/c1-15-11(17)10(13)9(6-14-15)16-4-2-12(7-16)3-5-18-8-12/h6H,2-5,7-8H2,1H3. The van der Waals surface area contributed by atoms with Crippen LogP contribution in [-0.4, -0.2) is 36.1 Å². The van der Waals surface area contributed by atoms with Crippen LogP contribution in [0.3, 0.4) is 0 Å². The average Bonchev–Trinajstić information content (AvgIpc) is 2.98. The largest absolute Gasteiger partial charge is 0.381 e. The van der Waals surface area contributed by atoms with Crippen molar-refractivity contribution < 1.29 is 4.74 Å². The van der Waals surface area contributed by atoms with Crippen molar-refractivity contribution in [3.8, 4) is 0 Å². The van der Waals surface area contributed by atoms with Gasteiger partial charge in [0.05, 0.1) is 18.5 Å².